The maximum absolute atomic E-state index is 9.59. The summed E-state index contributed by atoms with van der Waals surface area (Å²) in [6, 6.07) is 5.44. The molecular formula is C16H21NO3S. The van der Waals surface area contributed by atoms with Crippen LogP contribution in [0.15, 0.2) is 23.6 Å². The van der Waals surface area contributed by atoms with E-state index in [1.54, 1.807) is 31.4 Å². The second kappa shape index (κ2) is 6.91. The van der Waals surface area contributed by atoms with E-state index in [1.807, 2.05) is 17.5 Å². The van der Waals surface area contributed by atoms with Gasteiger partial charge in [0.05, 0.1) is 23.9 Å². The van der Waals surface area contributed by atoms with E-state index < -0.39 is 6.10 Å². The number of aliphatic hydroxyl groups is 1. The number of benzene rings is 1. The van der Waals surface area contributed by atoms with Crippen LogP contribution >= 0.6 is 11.3 Å². The third-order valence-electron chi connectivity index (χ3n) is 3.11. The van der Waals surface area contributed by atoms with Crippen molar-refractivity contribution in [2.75, 3.05) is 7.11 Å². The molecule has 2 rings (SSSR count). The zero-order valence-electron chi connectivity index (χ0n) is 12.8. The molecule has 0 saturated heterocycles. The Hall–Kier alpha value is -1.59. The quantitative estimate of drug-likeness (QED) is 0.879. The van der Waals surface area contributed by atoms with Crippen LogP contribution in [0.3, 0.4) is 0 Å². The Morgan fingerprint density at radius 3 is 2.57 bits per heavy atom. The molecule has 4 nitrogen and oxygen atoms in total. The second-order valence-electron chi connectivity index (χ2n) is 5.21. The van der Waals surface area contributed by atoms with Gasteiger partial charge in [-0.3, -0.25) is 0 Å². The molecule has 0 aliphatic heterocycles. The third kappa shape index (κ3) is 3.95. The fourth-order valence-electron chi connectivity index (χ4n) is 1.87. The van der Waals surface area contributed by atoms with Crippen LogP contribution in [0.5, 0.6) is 11.5 Å². The normalized spacial score (nSPS) is 12.5. The number of ether oxygens (including phenoxy) is 2. The van der Waals surface area contributed by atoms with Crippen molar-refractivity contribution in [3.8, 4) is 11.5 Å². The zero-order chi connectivity index (χ0) is 15.4. The van der Waals surface area contributed by atoms with Gasteiger partial charge in [0.15, 0.2) is 11.5 Å². The average molecular weight is 307 g/mol. The lowest BCUT2D eigenvalue weighted by Gasteiger charge is -2.12. The van der Waals surface area contributed by atoms with Gasteiger partial charge in [0.25, 0.3) is 0 Å². The summed E-state index contributed by atoms with van der Waals surface area (Å²) < 4.78 is 11.1. The van der Waals surface area contributed by atoms with E-state index in [-0.39, 0.29) is 0 Å². The van der Waals surface area contributed by atoms with Gasteiger partial charge < -0.3 is 14.6 Å². The number of nitrogens with zero attached hydrogens (tertiary/aromatic N) is 1. The lowest BCUT2D eigenvalue weighted by atomic mass is 10.1. The van der Waals surface area contributed by atoms with Gasteiger partial charge in [-0.15, -0.1) is 11.3 Å². The highest BCUT2D eigenvalue weighted by molar-refractivity contribution is 7.09. The number of aromatic nitrogens is 1. The van der Waals surface area contributed by atoms with Gasteiger partial charge in [-0.2, -0.15) is 0 Å². The van der Waals surface area contributed by atoms with Crippen molar-refractivity contribution in [2.24, 2.45) is 0 Å². The van der Waals surface area contributed by atoms with Gasteiger partial charge in [-0.1, -0.05) is 19.9 Å². The van der Waals surface area contributed by atoms with Crippen molar-refractivity contribution in [1.82, 2.24) is 4.98 Å². The number of hydrogen-bond acceptors (Lipinski definition) is 5. The first kappa shape index (κ1) is 15.8. The van der Waals surface area contributed by atoms with Crippen LogP contribution < -0.4 is 9.47 Å². The van der Waals surface area contributed by atoms with E-state index in [0.29, 0.717) is 24.0 Å². The second-order valence-corrected chi connectivity index (χ2v) is 6.10. The Bertz CT molecular complexity index is 593. The first-order valence-electron chi connectivity index (χ1n) is 6.94. The number of hydrogen-bond donors (Lipinski definition) is 1. The highest BCUT2D eigenvalue weighted by atomic mass is 32.1. The summed E-state index contributed by atoms with van der Waals surface area (Å²) in [4.78, 5) is 4.54. The smallest absolute Gasteiger partial charge is 0.161 e. The van der Waals surface area contributed by atoms with Crippen LogP contribution in [-0.2, 0) is 6.61 Å². The number of aliphatic hydroxyl groups excluding tert-OH is 1. The number of methoxy groups -OCH3 is 1. The zero-order valence-corrected chi connectivity index (χ0v) is 13.6. The minimum atomic E-state index is -0.528. The molecule has 0 aliphatic rings. The molecular weight excluding hydrogens is 286 g/mol. The molecule has 0 amide bonds. The van der Waals surface area contributed by atoms with Gasteiger partial charge in [0, 0.05) is 11.3 Å². The van der Waals surface area contributed by atoms with Crippen molar-refractivity contribution in [1.29, 1.82) is 0 Å². The molecule has 0 aliphatic carbocycles. The summed E-state index contributed by atoms with van der Waals surface area (Å²) >= 11 is 1.65. The molecule has 0 radical (unpaired) electrons. The van der Waals surface area contributed by atoms with Gasteiger partial charge in [0.1, 0.15) is 6.61 Å². The summed E-state index contributed by atoms with van der Waals surface area (Å²) in [5.74, 6) is 1.71. The van der Waals surface area contributed by atoms with Gasteiger partial charge >= 0.3 is 0 Å². The standard InChI is InChI=1S/C16H21NO3S/c1-10(2)16-17-13(9-21-16)8-20-14-6-5-12(11(3)18)7-15(14)19-4/h5-7,9-11,18H,8H2,1-4H3/t11-/m1/s1. The largest absolute Gasteiger partial charge is 0.493 e. The molecule has 1 N–H and O–H groups in total. The molecule has 0 unspecified atom stereocenters. The van der Waals surface area contributed by atoms with E-state index in [1.165, 1.54) is 0 Å². The van der Waals surface area contributed by atoms with Gasteiger partial charge in [-0.05, 0) is 24.6 Å². The van der Waals surface area contributed by atoms with E-state index >= 15 is 0 Å². The molecule has 1 aromatic heterocycles. The SMILES string of the molecule is COc1cc([C@@H](C)O)ccc1OCc1csc(C(C)C)n1. The van der Waals surface area contributed by atoms with Crippen molar-refractivity contribution < 1.29 is 14.6 Å². The maximum Gasteiger partial charge on any atom is 0.161 e. The topological polar surface area (TPSA) is 51.6 Å². The predicted octanol–water partition coefficient (Wildman–Crippen LogP) is 3.91. The predicted molar refractivity (Wildman–Crippen MR) is 84.2 cm³/mol. The minimum Gasteiger partial charge on any atom is -0.493 e. The Kier molecular flexibility index (Phi) is 5.20. The summed E-state index contributed by atoms with van der Waals surface area (Å²) in [5.41, 5.74) is 1.72. The minimum absolute atomic E-state index is 0.410. The van der Waals surface area contributed by atoms with Crippen molar-refractivity contribution >= 4 is 11.3 Å². The van der Waals surface area contributed by atoms with Crippen molar-refractivity contribution in [2.45, 2.75) is 39.4 Å². The molecule has 0 fully saturated rings. The summed E-state index contributed by atoms with van der Waals surface area (Å²) in [6.07, 6.45) is -0.528. The summed E-state index contributed by atoms with van der Waals surface area (Å²) in [5, 5.41) is 12.7. The van der Waals surface area contributed by atoms with Crippen molar-refractivity contribution in [3.63, 3.8) is 0 Å². The van der Waals surface area contributed by atoms with E-state index in [0.717, 1.165) is 16.3 Å². The molecule has 0 bridgehead atoms. The molecule has 0 saturated carbocycles. The molecule has 114 valence electrons. The monoisotopic (exact) mass is 307 g/mol. The molecule has 1 heterocycles. The fraction of sp³-hybridized carbons (Fsp3) is 0.438. The van der Waals surface area contributed by atoms with Crippen LogP contribution in [0.25, 0.3) is 0 Å². The fourth-order valence-corrected chi connectivity index (χ4v) is 2.69. The molecule has 1 aromatic carbocycles. The average Bonchev–Trinajstić information content (AvgIpc) is 2.93. The molecule has 21 heavy (non-hydrogen) atoms. The lowest BCUT2D eigenvalue weighted by Crippen LogP contribution is -2.00. The van der Waals surface area contributed by atoms with E-state index in [2.05, 4.69) is 18.8 Å². The van der Waals surface area contributed by atoms with Crippen LogP contribution in [0, 0.1) is 0 Å². The Morgan fingerprint density at radius 1 is 1.24 bits per heavy atom. The molecule has 0 spiro atoms. The molecule has 1 atom stereocenters. The maximum atomic E-state index is 9.59. The van der Waals surface area contributed by atoms with E-state index in [9.17, 15) is 5.11 Å². The van der Waals surface area contributed by atoms with Gasteiger partial charge in [-0.25, -0.2) is 4.98 Å². The Labute approximate surface area is 129 Å². The molecule has 2 aromatic rings. The van der Waals surface area contributed by atoms with Crippen LogP contribution in [0.2, 0.25) is 0 Å². The van der Waals surface area contributed by atoms with Gasteiger partial charge in [0.2, 0.25) is 0 Å². The summed E-state index contributed by atoms with van der Waals surface area (Å²) in [6.45, 7) is 6.38. The Morgan fingerprint density at radius 2 is 2.00 bits per heavy atom. The lowest BCUT2D eigenvalue weighted by molar-refractivity contribution is 0.198. The number of rotatable bonds is 6. The Balaban J connectivity index is 2.08. The number of thiazole rings is 1. The van der Waals surface area contributed by atoms with Crippen LogP contribution in [-0.4, -0.2) is 17.2 Å². The third-order valence-corrected chi connectivity index (χ3v) is 4.30. The highest BCUT2D eigenvalue weighted by Crippen LogP contribution is 2.31. The summed E-state index contributed by atoms with van der Waals surface area (Å²) in [7, 11) is 1.59. The first-order chi connectivity index (χ1) is 10.0. The molecule has 5 heteroatoms. The van der Waals surface area contributed by atoms with E-state index in [4.69, 9.17) is 9.47 Å². The first-order valence-corrected chi connectivity index (χ1v) is 7.82. The van der Waals surface area contributed by atoms with Crippen LogP contribution in [0.4, 0.5) is 0 Å². The van der Waals surface area contributed by atoms with Crippen molar-refractivity contribution in [3.05, 3.63) is 39.8 Å². The van der Waals surface area contributed by atoms with Crippen LogP contribution in [0.1, 0.15) is 49.1 Å². The highest BCUT2D eigenvalue weighted by Gasteiger charge is 2.10.